The van der Waals surface area contributed by atoms with Gasteiger partial charge in [0.15, 0.2) is 11.4 Å². The number of ketones is 1. The molecule has 0 radical (unpaired) electrons. The maximum Gasteiger partial charge on any atom is 0.176 e. The van der Waals surface area contributed by atoms with Crippen molar-refractivity contribution in [3.05, 3.63) is 137 Å². The highest BCUT2D eigenvalue weighted by Crippen LogP contribution is 2.55. The number of anilines is 1. The predicted octanol–water partition coefficient (Wildman–Crippen LogP) is 7.35. The quantitative estimate of drug-likeness (QED) is 0.278. The Balaban J connectivity index is 1.51. The Bertz CT molecular complexity index is 1420. The first-order chi connectivity index (χ1) is 19.0. The average Bonchev–Trinajstić information content (AvgIpc) is 3.31. The highest BCUT2D eigenvalue weighted by molar-refractivity contribution is 5.91. The maximum absolute atomic E-state index is 14.2. The molecule has 0 N–H and O–H groups in total. The molecule has 0 bridgehead atoms. The number of likely N-dealkylation sites (tertiary alicyclic amines) is 1. The molecule has 4 aromatic carbocycles. The van der Waals surface area contributed by atoms with Crippen molar-refractivity contribution >= 4 is 11.5 Å². The third-order valence-corrected chi connectivity index (χ3v) is 8.56. The van der Waals surface area contributed by atoms with E-state index in [0.29, 0.717) is 13.0 Å². The van der Waals surface area contributed by atoms with Gasteiger partial charge in [-0.05, 0) is 49.6 Å². The summed E-state index contributed by atoms with van der Waals surface area (Å²) in [7, 11) is 0. The molecule has 4 atom stereocenters. The Morgan fingerprint density at radius 1 is 0.769 bits per heavy atom. The van der Waals surface area contributed by atoms with Crippen molar-refractivity contribution in [3.8, 4) is 0 Å². The number of benzene rings is 4. The van der Waals surface area contributed by atoms with Crippen LogP contribution in [0.5, 0.6) is 0 Å². The molecule has 198 valence electrons. The summed E-state index contributed by atoms with van der Waals surface area (Å²) in [5, 5.41) is 2.02. The van der Waals surface area contributed by atoms with Crippen LogP contribution in [-0.2, 0) is 9.63 Å². The van der Waals surface area contributed by atoms with Crippen LogP contribution in [0.2, 0.25) is 0 Å². The number of rotatable bonds is 5. The lowest BCUT2D eigenvalue weighted by molar-refractivity contribution is -0.151. The molecule has 2 heterocycles. The molecule has 39 heavy (non-hydrogen) atoms. The summed E-state index contributed by atoms with van der Waals surface area (Å²) in [6.45, 7) is 7.71. The second-order valence-corrected chi connectivity index (χ2v) is 11.1. The van der Waals surface area contributed by atoms with Crippen LogP contribution >= 0.6 is 0 Å². The summed E-state index contributed by atoms with van der Waals surface area (Å²) >= 11 is 0. The standard InChI is InChI=1S/C35H36N2O2/c1-25-14-18-29(19-15-25)33-34(30-20-16-26(2)17-21-30)37(31-12-8-5-9-13-31)39-35(33)24-36(23-22-32(35)38)27(3)28-10-6-4-7-11-28/h4-21,27,33-34H,22-24H2,1-3H3/t27?,33-,34-,35?/m1/s1. The molecule has 1 spiro atoms. The Morgan fingerprint density at radius 3 is 1.95 bits per heavy atom. The molecule has 4 heteroatoms. The lowest BCUT2D eigenvalue weighted by atomic mass is 9.71. The maximum atomic E-state index is 14.2. The van der Waals surface area contributed by atoms with Gasteiger partial charge in [0.2, 0.25) is 0 Å². The molecular weight excluding hydrogens is 480 g/mol. The number of nitrogens with zero attached hydrogens (tertiary/aromatic N) is 2. The second kappa shape index (κ2) is 10.4. The minimum absolute atomic E-state index is 0.161. The number of hydrogen-bond acceptors (Lipinski definition) is 4. The van der Waals surface area contributed by atoms with E-state index in [9.17, 15) is 4.79 Å². The smallest absolute Gasteiger partial charge is 0.176 e. The Morgan fingerprint density at radius 2 is 1.33 bits per heavy atom. The van der Waals surface area contributed by atoms with Crippen LogP contribution in [0, 0.1) is 13.8 Å². The lowest BCUT2D eigenvalue weighted by Crippen LogP contribution is -2.58. The molecule has 2 aliphatic rings. The largest absolute Gasteiger partial charge is 0.296 e. The molecule has 2 aliphatic heterocycles. The van der Waals surface area contributed by atoms with E-state index in [-0.39, 0.29) is 23.8 Å². The first kappa shape index (κ1) is 25.5. The third kappa shape index (κ3) is 4.69. The van der Waals surface area contributed by atoms with E-state index in [1.54, 1.807) is 0 Å². The SMILES string of the molecule is Cc1ccc([C@@H]2[C@@H](c3ccc(C)cc3)C3(CN(C(C)c4ccccc4)CCC3=O)ON2c2ccccc2)cc1. The van der Waals surface area contributed by atoms with Crippen LogP contribution in [-0.4, -0.2) is 29.4 Å². The molecule has 0 aromatic heterocycles. The number of carbonyl (C=O) groups is 1. The van der Waals surface area contributed by atoms with Crippen molar-refractivity contribution < 1.29 is 9.63 Å². The summed E-state index contributed by atoms with van der Waals surface area (Å²) in [5.41, 5.74) is 5.89. The minimum Gasteiger partial charge on any atom is -0.296 e. The van der Waals surface area contributed by atoms with Crippen molar-refractivity contribution in [2.75, 3.05) is 18.2 Å². The number of carbonyl (C=O) groups excluding carboxylic acids is 1. The van der Waals surface area contributed by atoms with E-state index in [4.69, 9.17) is 4.84 Å². The van der Waals surface area contributed by atoms with Crippen molar-refractivity contribution in [2.45, 2.75) is 50.8 Å². The van der Waals surface area contributed by atoms with Gasteiger partial charge in [0.05, 0.1) is 17.6 Å². The highest BCUT2D eigenvalue weighted by Gasteiger charge is 2.61. The summed E-state index contributed by atoms with van der Waals surface area (Å²) in [6, 6.07) is 38.2. The number of hydrogen-bond donors (Lipinski definition) is 0. The van der Waals surface area contributed by atoms with Crippen molar-refractivity contribution in [2.24, 2.45) is 0 Å². The van der Waals surface area contributed by atoms with Crippen molar-refractivity contribution in [3.63, 3.8) is 0 Å². The van der Waals surface area contributed by atoms with Crippen LogP contribution in [0.4, 0.5) is 5.69 Å². The molecular formula is C35H36N2O2. The number of hydroxylamine groups is 1. The van der Waals surface area contributed by atoms with Gasteiger partial charge in [-0.25, -0.2) is 5.06 Å². The third-order valence-electron chi connectivity index (χ3n) is 8.56. The molecule has 2 saturated heterocycles. The molecule has 6 rings (SSSR count). The predicted molar refractivity (Wildman–Crippen MR) is 157 cm³/mol. The first-order valence-corrected chi connectivity index (χ1v) is 13.9. The van der Waals surface area contributed by atoms with Gasteiger partial charge >= 0.3 is 0 Å². The van der Waals surface area contributed by atoms with Crippen LogP contribution in [0.15, 0.2) is 109 Å². The zero-order chi connectivity index (χ0) is 27.0. The van der Waals surface area contributed by atoms with Gasteiger partial charge in [-0.15, -0.1) is 0 Å². The summed E-state index contributed by atoms with van der Waals surface area (Å²) in [6.07, 6.45) is 0.461. The molecule has 4 nitrogen and oxygen atoms in total. The van der Waals surface area contributed by atoms with E-state index in [1.807, 2.05) is 23.3 Å². The van der Waals surface area contributed by atoms with Gasteiger partial charge in [-0.3, -0.25) is 14.5 Å². The van der Waals surface area contributed by atoms with Crippen molar-refractivity contribution in [1.82, 2.24) is 4.90 Å². The Hall–Kier alpha value is -3.73. The van der Waals surface area contributed by atoms with E-state index < -0.39 is 5.60 Å². The molecule has 0 saturated carbocycles. The van der Waals surface area contributed by atoms with Gasteiger partial charge in [0.25, 0.3) is 0 Å². The van der Waals surface area contributed by atoms with E-state index >= 15 is 0 Å². The Kier molecular flexibility index (Phi) is 6.84. The van der Waals surface area contributed by atoms with Gasteiger partial charge in [-0.2, -0.15) is 0 Å². The topological polar surface area (TPSA) is 32.8 Å². The number of Topliss-reactive ketones (excluding diaryl/α,β-unsaturated/α-hetero) is 1. The summed E-state index contributed by atoms with van der Waals surface area (Å²) in [4.78, 5) is 23.7. The van der Waals surface area contributed by atoms with Crippen molar-refractivity contribution in [1.29, 1.82) is 0 Å². The van der Waals surface area contributed by atoms with Crippen LogP contribution in [0.1, 0.15) is 59.2 Å². The van der Waals surface area contributed by atoms with Gasteiger partial charge in [-0.1, -0.05) is 108 Å². The Labute approximate surface area is 231 Å². The summed E-state index contributed by atoms with van der Waals surface area (Å²) < 4.78 is 0. The zero-order valence-corrected chi connectivity index (χ0v) is 23.0. The summed E-state index contributed by atoms with van der Waals surface area (Å²) in [5.74, 6) is -0.000542. The monoisotopic (exact) mass is 516 g/mol. The fraction of sp³-hybridized carbons (Fsp3) is 0.286. The minimum atomic E-state index is -1.01. The number of para-hydroxylation sites is 1. The number of piperidine rings is 1. The van der Waals surface area contributed by atoms with Crippen LogP contribution in [0.3, 0.4) is 0 Å². The van der Waals surface area contributed by atoms with E-state index in [1.165, 1.54) is 16.7 Å². The first-order valence-electron chi connectivity index (χ1n) is 13.9. The molecule has 4 aromatic rings. The highest BCUT2D eigenvalue weighted by atomic mass is 16.7. The normalized spacial score (nSPS) is 24.3. The van der Waals surface area contributed by atoms with E-state index in [2.05, 4.69) is 117 Å². The zero-order valence-electron chi connectivity index (χ0n) is 23.0. The van der Waals surface area contributed by atoms with Crippen LogP contribution in [0.25, 0.3) is 0 Å². The average molecular weight is 517 g/mol. The molecule has 0 amide bonds. The molecule has 0 aliphatic carbocycles. The van der Waals surface area contributed by atoms with Gasteiger partial charge in [0, 0.05) is 25.6 Å². The number of aryl methyl sites for hydroxylation is 2. The second-order valence-electron chi connectivity index (χ2n) is 11.1. The molecule has 2 fully saturated rings. The fourth-order valence-electron chi connectivity index (χ4n) is 6.33. The van der Waals surface area contributed by atoms with Crippen LogP contribution < -0.4 is 5.06 Å². The van der Waals surface area contributed by atoms with E-state index in [0.717, 1.165) is 23.4 Å². The van der Waals surface area contributed by atoms with Gasteiger partial charge in [0.1, 0.15) is 0 Å². The lowest BCUT2D eigenvalue weighted by Gasteiger charge is -2.43. The van der Waals surface area contributed by atoms with Gasteiger partial charge < -0.3 is 0 Å². The fourth-order valence-corrected chi connectivity index (χ4v) is 6.33. The molecule has 2 unspecified atom stereocenters.